The number of pyridine rings is 1. The fraction of sp³-hybridized carbons (Fsp3) is 0.310. The lowest BCUT2D eigenvalue weighted by Gasteiger charge is -2.29. The predicted molar refractivity (Wildman–Crippen MR) is 149 cm³/mol. The van der Waals surface area contributed by atoms with Gasteiger partial charge in [-0.2, -0.15) is 0 Å². The molecule has 0 unspecified atom stereocenters. The van der Waals surface area contributed by atoms with E-state index in [1.807, 2.05) is 24.4 Å². The van der Waals surface area contributed by atoms with Crippen LogP contribution in [0.2, 0.25) is 5.02 Å². The second-order valence-electron chi connectivity index (χ2n) is 9.66. The Balaban J connectivity index is 1.38. The number of hydrogen-bond acceptors (Lipinski definition) is 4. The number of benzene rings is 2. The van der Waals surface area contributed by atoms with Crippen molar-refractivity contribution in [3.05, 3.63) is 82.6 Å². The van der Waals surface area contributed by atoms with Crippen LogP contribution >= 0.6 is 11.6 Å². The van der Waals surface area contributed by atoms with Gasteiger partial charge in [-0.25, -0.2) is 9.78 Å². The molecule has 2 aromatic carbocycles. The highest BCUT2D eigenvalue weighted by molar-refractivity contribution is 6.30. The van der Waals surface area contributed by atoms with Crippen molar-refractivity contribution >= 4 is 34.8 Å². The van der Waals surface area contributed by atoms with Crippen LogP contribution in [-0.2, 0) is 13.0 Å². The zero-order chi connectivity index (χ0) is 25.9. The number of aliphatic hydroxyl groups excluding tert-OH is 1. The van der Waals surface area contributed by atoms with Crippen molar-refractivity contribution in [2.45, 2.75) is 45.8 Å². The molecule has 5 rings (SSSR count). The fourth-order valence-corrected chi connectivity index (χ4v) is 4.96. The number of likely N-dealkylation sites (tertiary alicyclic amines) is 1. The molecule has 1 aliphatic heterocycles. The number of urea groups is 1. The Hall–Kier alpha value is -3.39. The number of rotatable bonds is 6. The molecular formula is C29H32ClN5O2. The summed E-state index contributed by atoms with van der Waals surface area (Å²) in [6.07, 6.45) is 4.26. The van der Waals surface area contributed by atoms with E-state index in [1.54, 1.807) is 24.3 Å². The predicted octanol–water partition coefficient (Wildman–Crippen LogP) is 6.13. The lowest BCUT2D eigenvalue weighted by Crippen LogP contribution is -2.35. The van der Waals surface area contributed by atoms with E-state index in [1.165, 1.54) is 5.56 Å². The van der Waals surface area contributed by atoms with Crippen LogP contribution in [0.15, 0.2) is 60.8 Å². The summed E-state index contributed by atoms with van der Waals surface area (Å²) in [4.78, 5) is 20.0. The fourth-order valence-electron chi connectivity index (χ4n) is 4.84. The first-order valence-corrected chi connectivity index (χ1v) is 13.1. The quantitative estimate of drug-likeness (QED) is 0.287. The monoisotopic (exact) mass is 517 g/mol. The molecule has 2 amide bonds. The number of nitrogens with zero attached hydrogens (tertiary/aromatic N) is 3. The number of carbonyl (C=O) groups excluding carboxylic acids is 1. The minimum absolute atomic E-state index is 0.156. The van der Waals surface area contributed by atoms with Gasteiger partial charge in [-0.1, -0.05) is 42.8 Å². The molecule has 2 aromatic heterocycles. The van der Waals surface area contributed by atoms with Gasteiger partial charge in [0.2, 0.25) is 0 Å². The zero-order valence-electron chi connectivity index (χ0n) is 21.2. The average molecular weight is 518 g/mol. The summed E-state index contributed by atoms with van der Waals surface area (Å²) in [5.41, 5.74) is 6.76. The number of aromatic nitrogens is 2. The number of halogens is 1. The highest BCUT2D eigenvalue weighted by Gasteiger charge is 2.18. The smallest absolute Gasteiger partial charge is 0.324 e. The lowest BCUT2D eigenvalue weighted by atomic mass is 10.0. The minimum atomic E-state index is -0.337. The highest BCUT2D eigenvalue weighted by Crippen LogP contribution is 2.28. The molecule has 3 N–H and O–H groups in total. The molecular weight excluding hydrogens is 486 g/mol. The Kier molecular flexibility index (Phi) is 7.46. The third-order valence-corrected chi connectivity index (χ3v) is 7.15. The molecule has 0 spiro atoms. The van der Waals surface area contributed by atoms with Gasteiger partial charge < -0.3 is 10.4 Å². The normalized spacial score (nSPS) is 14.7. The number of fused-ring (bicyclic) bond motifs is 1. The van der Waals surface area contributed by atoms with E-state index in [9.17, 15) is 9.90 Å². The van der Waals surface area contributed by atoms with Gasteiger partial charge in [0.1, 0.15) is 11.5 Å². The Labute approximate surface area is 222 Å². The molecule has 0 atom stereocenters. The molecule has 3 heterocycles. The van der Waals surface area contributed by atoms with Crippen molar-refractivity contribution in [2.24, 2.45) is 0 Å². The number of hydrogen-bond donors (Lipinski definition) is 3. The molecule has 0 radical (unpaired) electrons. The molecule has 0 bridgehead atoms. The number of aliphatic hydroxyl groups is 1. The lowest BCUT2D eigenvalue weighted by molar-refractivity contribution is 0.0792. The summed E-state index contributed by atoms with van der Waals surface area (Å²) < 4.78 is 1.97. The molecule has 4 aromatic rings. The van der Waals surface area contributed by atoms with Crippen LogP contribution in [0.25, 0.3) is 16.8 Å². The average Bonchev–Trinajstić information content (AvgIpc) is 3.25. The first-order valence-electron chi connectivity index (χ1n) is 12.7. The second kappa shape index (κ2) is 10.9. The Morgan fingerprint density at radius 3 is 2.43 bits per heavy atom. The number of piperidine rings is 1. The second-order valence-corrected chi connectivity index (χ2v) is 10.1. The molecule has 1 fully saturated rings. The third-order valence-electron chi connectivity index (χ3n) is 6.90. The largest absolute Gasteiger partial charge is 0.393 e. The van der Waals surface area contributed by atoms with Gasteiger partial charge in [0.05, 0.1) is 11.8 Å². The van der Waals surface area contributed by atoms with Crippen LogP contribution in [0, 0.1) is 6.92 Å². The number of aryl methyl sites for hydroxylation is 2. The van der Waals surface area contributed by atoms with Gasteiger partial charge in [0.15, 0.2) is 0 Å². The van der Waals surface area contributed by atoms with E-state index in [4.69, 9.17) is 16.6 Å². The van der Waals surface area contributed by atoms with Gasteiger partial charge in [0, 0.05) is 36.5 Å². The maximum Gasteiger partial charge on any atom is 0.324 e. The molecule has 0 saturated carbocycles. The number of nitrogens with one attached hydrogen (secondary N) is 2. The maximum atomic E-state index is 12.8. The highest BCUT2D eigenvalue weighted by atomic mass is 35.5. The van der Waals surface area contributed by atoms with Crippen molar-refractivity contribution in [3.8, 4) is 11.1 Å². The summed E-state index contributed by atoms with van der Waals surface area (Å²) in [7, 11) is 0. The van der Waals surface area contributed by atoms with Crippen LogP contribution in [0.3, 0.4) is 0 Å². The van der Waals surface area contributed by atoms with Crippen LogP contribution in [0.5, 0.6) is 0 Å². The number of carbonyl (C=O) groups is 1. The van der Waals surface area contributed by atoms with Crippen molar-refractivity contribution in [3.63, 3.8) is 0 Å². The van der Waals surface area contributed by atoms with Crippen LogP contribution < -0.4 is 10.6 Å². The Morgan fingerprint density at radius 2 is 1.76 bits per heavy atom. The number of amides is 2. The van der Waals surface area contributed by atoms with Crippen molar-refractivity contribution in [1.29, 1.82) is 0 Å². The van der Waals surface area contributed by atoms with E-state index < -0.39 is 0 Å². The topological polar surface area (TPSA) is 81.9 Å². The Bertz CT molecular complexity index is 1390. The summed E-state index contributed by atoms with van der Waals surface area (Å²) in [5, 5.41) is 16.2. The van der Waals surface area contributed by atoms with Crippen LogP contribution in [0.1, 0.15) is 36.6 Å². The van der Waals surface area contributed by atoms with E-state index in [2.05, 4.69) is 45.9 Å². The van der Waals surface area contributed by atoms with Crippen molar-refractivity contribution in [1.82, 2.24) is 14.3 Å². The van der Waals surface area contributed by atoms with E-state index in [0.717, 1.165) is 60.5 Å². The zero-order valence-corrected chi connectivity index (χ0v) is 21.9. The van der Waals surface area contributed by atoms with Gasteiger partial charge in [-0.3, -0.25) is 14.6 Å². The third kappa shape index (κ3) is 5.80. The van der Waals surface area contributed by atoms with Gasteiger partial charge >= 0.3 is 6.03 Å². The van der Waals surface area contributed by atoms with Gasteiger partial charge in [-0.15, -0.1) is 0 Å². The molecule has 8 heteroatoms. The van der Waals surface area contributed by atoms with Crippen LogP contribution in [0.4, 0.5) is 16.3 Å². The summed E-state index contributed by atoms with van der Waals surface area (Å²) in [6, 6.07) is 17.4. The molecule has 192 valence electrons. The molecule has 37 heavy (non-hydrogen) atoms. The van der Waals surface area contributed by atoms with Crippen molar-refractivity contribution < 1.29 is 9.90 Å². The van der Waals surface area contributed by atoms with Crippen LogP contribution in [-0.4, -0.2) is 44.6 Å². The summed E-state index contributed by atoms with van der Waals surface area (Å²) in [5.74, 6) is 0.665. The first kappa shape index (κ1) is 25.3. The minimum Gasteiger partial charge on any atom is -0.393 e. The molecule has 7 nitrogen and oxygen atoms in total. The van der Waals surface area contributed by atoms with Gasteiger partial charge in [0.25, 0.3) is 0 Å². The van der Waals surface area contributed by atoms with Crippen molar-refractivity contribution in [2.75, 3.05) is 23.7 Å². The van der Waals surface area contributed by atoms with E-state index in [-0.39, 0.29) is 12.1 Å². The first-order chi connectivity index (χ1) is 17.9. The van der Waals surface area contributed by atoms with E-state index in [0.29, 0.717) is 22.9 Å². The summed E-state index contributed by atoms with van der Waals surface area (Å²) >= 11 is 5.96. The van der Waals surface area contributed by atoms with E-state index >= 15 is 0 Å². The maximum absolute atomic E-state index is 12.8. The molecule has 0 aliphatic carbocycles. The number of anilines is 2. The summed E-state index contributed by atoms with van der Waals surface area (Å²) in [6.45, 7) is 6.83. The standard InChI is InChI=1S/C29H32ClN5O2/c1-3-26-28(33-29(37)31-24-10-8-23(30)9-11-24)35-18-22(16-19(2)27(35)32-26)21-6-4-20(5-7-21)17-34-14-12-25(36)13-15-34/h4-11,16,18,25,36H,3,12-15,17H2,1-2H3,(H2,31,33,37). The molecule has 1 saturated heterocycles. The van der Waals surface area contributed by atoms with Gasteiger partial charge in [-0.05, 0) is 78.8 Å². The SMILES string of the molecule is CCc1nc2c(C)cc(-c3ccc(CN4CCC(O)CC4)cc3)cn2c1NC(=O)Nc1ccc(Cl)cc1. The molecule has 1 aliphatic rings. The number of imidazole rings is 1. The Morgan fingerprint density at radius 1 is 1.05 bits per heavy atom.